The molecule has 2 nitrogen and oxygen atoms in total. The Balaban J connectivity index is 3.41. The van der Waals surface area contributed by atoms with Gasteiger partial charge in [0.15, 0.2) is 0 Å². The Hall–Kier alpha value is 0.560. The van der Waals surface area contributed by atoms with E-state index in [1.54, 1.807) is 0 Å². The number of aromatic nitrogens is 1. The molecule has 0 bridgehead atoms. The number of nitrogens with zero attached hydrogens (tertiary/aromatic N) is 1. The van der Waals surface area contributed by atoms with Crippen LogP contribution in [0.1, 0.15) is 11.2 Å². The van der Waals surface area contributed by atoms with Crippen LogP contribution in [-0.2, 0) is 0 Å². The van der Waals surface area contributed by atoms with Gasteiger partial charge in [0.25, 0.3) is 0 Å². The van der Waals surface area contributed by atoms with E-state index in [0.29, 0.717) is 0 Å². The van der Waals surface area contributed by atoms with E-state index in [0.717, 1.165) is 0 Å². The molecule has 1 atom stereocenters. The van der Waals surface area contributed by atoms with Crippen LogP contribution < -0.4 is 5.73 Å². The van der Waals surface area contributed by atoms with E-state index in [1.165, 1.54) is 0 Å². The number of pyridine rings is 1. The maximum atomic E-state index is 5.76. The maximum absolute atomic E-state index is 5.76. The molecule has 0 saturated heterocycles. The standard InChI is InChI=1S/C6H3Cl5N2/c7-1-2(8)4(5(10)12)13-6(11)3(1)9/h5H,12H2. The van der Waals surface area contributed by atoms with Gasteiger partial charge in [0.2, 0.25) is 0 Å². The van der Waals surface area contributed by atoms with Crippen molar-refractivity contribution in [3.8, 4) is 0 Å². The van der Waals surface area contributed by atoms with Crippen LogP contribution in [0.3, 0.4) is 0 Å². The SMILES string of the molecule is NC(Cl)c1nc(Cl)c(Cl)c(Cl)c1Cl. The third kappa shape index (κ3) is 2.32. The van der Waals surface area contributed by atoms with Crippen LogP contribution in [0.4, 0.5) is 0 Å². The Morgan fingerprint density at radius 2 is 1.54 bits per heavy atom. The Kier molecular flexibility index (Phi) is 3.93. The average molecular weight is 280 g/mol. The van der Waals surface area contributed by atoms with Gasteiger partial charge in [0, 0.05) is 0 Å². The van der Waals surface area contributed by atoms with E-state index in [1.807, 2.05) is 0 Å². The zero-order valence-electron chi connectivity index (χ0n) is 5.99. The lowest BCUT2D eigenvalue weighted by Gasteiger charge is -2.08. The molecule has 2 N–H and O–H groups in total. The van der Waals surface area contributed by atoms with Crippen molar-refractivity contribution >= 4 is 58.0 Å². The number of nitrogens with two attached hydrogens (primary N) is 1. The van der Waals surface area contributed by atoms with Crippen molar-refractivity contribution in [2.45, 2.75) is 5.50 Å². The van der Waals surface area contributed by atoms with Crippen molar-refractivity contribution in [2.24, 2.45) is 5.73 Å². The van der Waals surface area contributed by atoms with Crippen LogP contribution in [0.5, 0.6) is 0 Å². The van der Waals surface area contributed by atoms with Gasteiger partial charge in [0.1, 0.15) is 10.7 Å². The Morgan fingerprint density at radius 3 is 2.00 bits per heavy atom. The molecule has 1 aromatic rings. The Bertz CT molecular complexity index is 338. The summed E-state index contributed by atoms with van der Waals surface area (Å²) in [6, 6.07) is 0. The van der Waals surface area contributed by atoms with Crippen molar-refractivity contribution in [3.63, 3.8) is 0 Å². The van der Waals surface area contributed by atoms with E-state index in [4.69, 9.17) is 63.7 Å². The molecule has 0 radical (unpaired) electrons. The largest absolute Gasteiger partial charge is 0.310 e. The van der Waals surface area contributed by atoms with E-state index in [2.05, 4.69) is 4.98 Å². The predicted octanol–water partition coefficient (Wildman–Crippen LogP) is 3.89. The van der Waals surface area contributed by atoms with Crippen molar-refractivity contribution in [2.75, 3.05) is 0 Å². The van der Waals surface area contributed by atoms with Crippen LogP contribution in [0, 0.1) is 0 Å². The van der Waals surface area contributed by atoms with Gasteiger partial charge in [-0.1, -0.05) is 58.0 Å². The molecule has 7 heteroatoms. The number of hydrogen-bond acceptors (Lipinski definition) is 2. The minimum Gasteiger partial charge on any atom is -0.310 e. The topological polar surface area (TPSA) is 38.9 Å². The van der Waals surface area contributed by atoms with E-state index in [-0.39, 0.29) is 25.9 Å². The fraction of sp³-hybridized carbons (Fsp3) is 0.167. The summed E-state index contributed by atoms with van der Waals surface area (Å²) in [5.41, 5.74) is 4.71. The van der Waals surface area contributed by atoms with Gasteiger partial charge in [-0.05, 0) is 0 Å². The Morgan fingerprint density at radius 1 is 1.00 bits per heavy atom. The molecule has 1 aromatic heterocycles. The second-order valence-electron chi connectivity index (χ2n) is 2.13. The van der Waals surface area contributed by atoms with Crippen molar-refractivity contribution < 1.29 is 0 Å². The molecule has 1 heterocycles. The van der Waals surface area contributed by atoms with Crippen LogP contribution in [0.2, 0.25) is 20.2 Å². The summed E-state index contributed by atoms with van der Waals surface area (Å²) in [4.78, 5) is 3.79. The highest BCUT2D eigenvalue weighted by Crippen LogP contribution is 2.38. The predicted molar refractivity (Wildman–Crippen MR) is 57.1 cm³/mol. The van der Waals surface area contributed by atoms with Gasteiger partial charge in [0.05, 0.1) is 20.8 Å². The van der Waals surface area contributed by atoms with Gasteiger partial charge >= 0.3 is 0 Å². The second-order valence-corrected chi connectivity index (χ2v) is 4.09. The summed E-state index contributed by atoms with van der Waals surface area (Å²) in [6.07, 6.45) is 0. The number of alkyl halides is 1. The quantitative estimate of drug-likeness (QED) is 0.481. The van der Waals surface area contributed by atoms with Gasteiger partial charge in [-0.2, -0.15) is 0 Å². The summed E-state index contributed by atoms with van der Waals surface area (Å²) >= 11 is 28.4. The van der Waals surface area contributed by atoms with Crippen LogP contribution in [0.25, 0.3) is 0 Å². The van der Waals surface area contributed by atoms with Crippen LogP contribution >= 0.6 is 58.0 Å². The normalized spacial score (nSPS) is 13.1. The summed E-state index contributed by atoms with van der Waals surface area (Å²) in [5, 5.41) is 0.351. The molecule has 0 spiro atoms. The summed E-state index contributed by atoms with van der Waals surface area (Å²) in [7, 11) is 0. The summed E-state index contributed by atoms with van der Waals surface area (Å²) in [6.45, 7) is 0. The molecular weight excluding hydrogens is 277 g/mol. The third-order valence-corrected chi connectivity index (χ3v) is 3.17. The molecule has 1 unspecified atom stereocenters. The number of hydrogen-bond donors (Lipinski definition) is 1. The first-order valence-corrected chi connectivity index (χ1v) is 4.99. The lowest BCUT2D eigenvalue weighted by atomic mass is 10.3. The third-order valence-electron chi connectivity index (χ3n) is 1.27. The number of halogens is 5. The van der Waals surface area contributed by atoms with Crippen molar-refractivity contribution in [1.82, 2.24) is 4.98 Å². The maximum Gasteiger partial charge on any atom is 0.149 e. The summed E-state index contributed by atoms with van der Waals surface area (Å²) < 4.78 is 0. The molecule has 0 aliphatic rings. The van der Waals surface area contributed by atoms with Gasteiger partial charge in [-0.3, -0.25) is 0 Å². The highest BCUT2D eigenvalue weighted by molar-refractivity contribution is 6.51. The molecule has 72 valence electrons. The summed E-state index contributed by atoms with van der Waals surface area (Å²) in [5.74, 6) is 0. The first-order chi connectivity index (χ1) is 5.95. The van der Waals surface area contributed by atoms with Gasteiger partial charge < -0.3 is 5.73 Å². The molecule has 0 aromatic carbocycles. The lowest BCUT2D eigenvalue weighted by Crippen LogP contribution is -2.06. The minimum atomic E-state index is -0.861. The van der Waals surface area contributed by atoms with Crippen molar-refractivity contribution in [1.29, 1.82) is 0 Å². The highest BCUT2D eigenvalue weighted by atomic mass is 35.5. The Labute approximate surface area is 99.9 Å². The van der Waals surface area contributed by atoms with Crippen molar-refractivity contribution in [3.05, 3.63) is 25.9 Å². The smallest absolute Gasteiger partial charge is 0.149 e. The van der Waals surface area contributed by atoms with Crippen LogP contribution in [-0.4, -0.2) is 4.98 Å². The van der Waals surface area contributed by atoms with E-state index < -0.39 is 5.50 Å². The highest BCUT2D eigenvalue weighted by Gasteiger charge is 2.17. The molecule has 0 aliphatic heterocycles. The molecule has 13 heavy (non-hydrogen) atoms. The molecular formula is C6H3Cl5N2. The van der Waals surface area contributed by atoms with E-state index >= 15 is 0 Å². The fourth-order valence-electron chi connectivity index (χ4n) is 0.686. The minimum absolute atomic E-state index is 0.0298. The zero-order chi connectivity index (χ0) is 10.2. The molecule has 1 rings (SSSR count). The van der Waals surface area contributed by atoms with Gasteiger partial charge in [-0.15, -0.1) is 0 Å². The average Bonchev–Trinajstić information content (AvgIpc) is 2.07. The van der Waals surface area contributed by atoms with E-state index in [9.17, 15) is 0 Å². The molecule has 0 aliphatic carbocycles. The lowest BCUT2D eigenvalue weighted by molar-refractivity contribution is 0.950. The molecule has 0 fully saturated rings. The fourth-order valence-corrected chi connectivity index (χ4v) is 1.76. The monoisotopic (exact) mass is 278 g/mol. The first kappa shape index (κ1) is 11.6. The molecule has 0 saturated carbocycles. The first-order valence-electron chi connectivity index (χ1n) is 3.04. The van der Waals surface area contributed by atoms with Gasteiger partial charge in [-0.25, -0.2) is 4.98 Å². The second kappa shape index (κ2) is 4.39. The number of rotatable bonds is 1. The molecule has 0 amide bonds. The van der Waals surface area contributed by atoms with Crippen LogP contribution in [0.15, 0.2) is 0 Å². The zero-order valence-corrected chi connectivity index (χ0v) is 9.77.